The van der Waals surface area contributed by atoms with E-state index in [1.54, 1.807) is 22.6 Å². The number of aromatic nitrogens is 3. The molecule has 2 aliphatic heterocycles. The summed E-state index contributed by atoms with van der Waals surface area (Å²) in [5, 5.41) is 4.31. The van der Waals surface area contributed by atoms with Gasteiger partial charge >= 0.3 is 0 Å². The van der Waals surface area contributed by atoms with Gasteiger partial charge in [0.25, 0.3) is 0 Å². The lowest BCUT2D eigenvalue weighted by atomic mass is 9.96. The van der Waals surface area contributed by atoms with Gasteiger partial charge in [0.1, 0.15) is 10.7 Å². The van der Waals surface area contributed by atoms with E-state index in [9.17, 15) is 13.2 Å². The Balaban J connectivity index is 1.51. The molecule has 156 valence electrons. The van der Waals surface area contributed by atoms with Gasteiger partial charge in [0.05, 0.1) is 5.69 Å². The Bertz CT molecular complexity index is 1000. The van der Waals surface area contributed by atoms with Crippen molar-refractivity contribution in [2.75, 3.05) is 31.1 Å². The number of carbonyl (C=O) groups is 1. The molecule has 9 heteroatoms. The minimum atomic E-state index is -3.55. The zero-order valence-electron chi connectivity index (χ0n) is 16.9. The van der Waals surface area contributed by atoms with Gasteiger partial charge in [-0.3, -0.25) is 4.79 Å². The number of hydrogen-bond acceptors (Lipinski definition) is 6. The molecule has 0 radical (unpaired) electrons. The van der Waals surface area contributed by atoms with Crippen molar-refractivity contribution in [2.24, 2.45) is 5.92 Å². The summed E-state index contributed by atoms with van der Waals surface area (Å²) in [7, 11) is -3.55. The van der Waals surface area contributed by atoms with Crippen LogP contribution in [0.25, 0.3) is 0 Å². The fourth-order valence-electron chi connectivity index (χ4n) is 4.25. The van der Waals surface area contributed by atoms with E-state index in [2.05, 4.69) is 10.1 Å². The Labute approximate surface area is 171 Å². The number of rotatable bonds is 4. The summed E-state index contributed by atoms with van der Waals surface area (Å²) in [6.07, 6.45) is 4.72. The van der Waals surface area contributed by atoms with Crippen LogP contribution in [0, 0.1) is 19.8 Å². The first-order valence-corrected chi connectivity index (χ1v) is 11.6. The summed E-state index contributed by atoms with van der Waals surface area (Å²) in [4.78, 5) is 19.5. The van der Waals surface area contributed by atoms with Crippen molar-refractivity contribution in [3.05, 3.63) is 35.8 Å². The normalized spacial score (nSPS) is 19.0. The van der Waals surface area contributed by atoms with E-state index in [0.29, 0.717) is 44.8 Å². The highest BCUT2D eigenvalue weighted by Crippen LogP contribution is 2.31. The van der Waals surface area contributed by atoms with Gasteiger partial charge in [0, 0.05) is 44.0 Å². The number of nitrogens with zero attached hydrogens (tertiary/aromatic N) is 5. The fourth-order valence-corrected chi connectivity index (χ4v) is 5.93. The molecule has 0 aliphatic carbocycles. The third-order valence-electron chi connectivity index (χ3n) is 5.80. The maximum absolute atomic E-state index is 13.1. The molecule has 0 spiro atoms. The molecular formula is C20H27N5O3S. The minimum absolute atomic E-state index is 0.0150. The highest BCUT2D eigenvalue weighted by Gasteiger charge is 2.33. The molecule has 2 aromatic rings. The molecule has 2 aliphatic rings. The predicted molar refractivity (Wildman–Crippen MR) is 109 cm³/mol. The monoisotopic (exact) mass is 417 g/mol. The fraction of sp³-hybridized carbons (Fsp3) is 0.550. The zero-order valence-corrected chi connectivity index (χ0v) is 17.7. The van der Waals surface area contributed by atoms with Crippen molar-refractivity contribution in [3.8, 4) is 0 Å². The lowest BCUT2D eigenvalue weighted by Crippen LogP contribution is -2.40. The van der Waals surface area contributed by atoms with Gasteiger partial charge in [-0.05, 0) is 57.7 Å². The molecule has 0 aromatic carbocycles. The lowest BCUT2D eigenvalue weighted by molar-refractivity contribution is 0.0793. The Morgan fingerprint density at radius 3 is 2.41 bits per heavy atom. The van der Waals surface area contributed by atoms with Crippen LogP contribution in [0.5, 0.6) is 0 Å². The van der Waals surface area contributed by atoms with Gasteiger partial charge in [-0.15, -0.1) is 0 Å². The van der Waals surface area contributed by atoms with Crippen LogP contribution < -0.4 is 4.90 Å². The molecule has 8 nitrogen and oxygen atoms in total. The molecule has 0 unspecified atom stereocenters. The Hall–Kier alpha value is -2.26. The number of aryl methyl sites for hydroxylation is 2. The summed E-state index contributed by atoms with van der Waals surface area (Å²) < 4.78 is 29.2. The Morgan fingerprint density at radius 2 is 1.79 bits per heavy atom. The molecule has 0 saturated carbocycles. The maximum Gasteiger partial charge on any atom is 0.250 e. The number of hydrogen-bond donors (Lipinski definition) is 0. The van der Waals surface area contributed by atoms with E-state index >= 15 is 0 Å². The van der Waals surface area contributed by atoms with E-state index in [4.69, 9.17) is 0 Å². The first-order chi connectivity index (χ1) is 13.9. The second-order valence-electron chi connectivity index (χ2n) is 7.87. The maximum atomic E-state index is 13.1. The van der Waals surface area contributed by atoms with Crippen LogP contribution in [0.3, 0.4) is 0 Å². The van der Waals surface area contributed by atoms with Gasteiger partial charge in [-0.2, -0.15) is 9.40 Å². The van der Waals surface area contributed by atoms with Gasteiger partial charge < -0.3 is 4.90 Å². The van der Waals surface area contributed by atoms with Crippen molar-refractivity contribution >= 4 is 21.7 Å². The average Bonchev–Trinajstić information content (AvgIpc) is 3.38. The molecule has 0 amide bonds. The number of sulfonamides is 1. The van der Waals surface area contributed by atoms with Crippen molar-refractivity contribution < 1.29 is 13.2 Å². The zero-order chi connectivity index (χ0) is 20.6. The summed E-state index contributed by atoms with van der Waals surface area (Å²) >= 11 is 0. The van der Waals surface area contributed by atoms with E-state index in [1.165, 1.54) is 4.68 Å². The van der Waals surface area contributed by atoms with Crippen LogP contribution in [0.1, 0.15) is 41.9 Å². The first-order valence-electron chi connectivity index (χ1n) is 10.2. The van der Waals surface area contributed by atoms with E-state index in [-0.39, 0.29) is 16.7 Å². The van der Waals surface area contributed by atoms with Crippen LogP contribution in [0.15, 0.2) is 29.3 Å². The minimum Gasteiger partial charge on any atom is -0.355 e. The molecular weight excluding hydrogens is 390 g/mol. The Kier molecular flexibility index (Phi) is 5.44. The second-order valence-corrected chi connectivity index (χ2v) is 9.78. The average molecular weight is 418 g/mol. The summed E-state index contributed by atoms with van der Waals surface area (Å²) in [6.45, 7) is 6.08. The quantitative estimate of drug-likeness (QED) is 0.758. The van der Waals surface area contributed by atoms with Gasteiger partial charge in [-0.1, -0.05) is 0 Å². The standard InChI is InChI=1S/C20H27N5O3S/c1-15-14-16(2)25(22-15)20(26)17-7-12-23(13-8-17)19-18(6-5-9-21-19)29(27,28)24-10-3-4-11-24/h5-6,9,14,17H,3-4,7-8,10-13H2,1-2H3. The number of pyridine rings is 1. The van der Waals surface area contributed by atoms with Crippen molar-refractivity contribution in [2.45, 2.75) is 44.4 Å². The van der Waals surface area contributed by atoms with Crippen molar-refractivity contribution in [1.82, 2.24) is 19.1 Å². The molecule has 29 heavy (non-hydrogen) atoms. The lowest BCUT2D eigenvalue weighted by Gasteiger charge is -2.33. The topological polar surface area (TPSA) is 88.4 Å². The highest BCUT2D eigenvalue weighted by atomic mass is 32.2. The third kappa shape index (κ3) is 3.81. The molecule has 4 rings (SSSR count). The van der Waals surface area contributed by atoms with Crippen molar-refractivity contribution in [3.63, 3.8) is 0 Å². The summed E-state index contributed by atoms with van der Waals surface area (Å²) in [5.41, 5.74) is 1.68. The van der Waals surface area contributed by atoms with E-state index < -0.39 is 10.0 Å². The molecule has 0 N–H and O–H groups in total. The van der Waals surface area contributed by atoms with Crippen LogP contribution in [0.2, 0.25) is 0 Å². The van der Waals surface area contributed by atoms with Gasteiger partial charge in [0.2, 0.25) is 15.9 Å². The molecule has 0 bridgehead atoms. The van der Waals surface area contributed by atoms with Gasteiger partial charge in [-0.25, -0.2) is 18.1 Å². The third-order valence-corrected chi connectivity index (χ3v) is 7.72. The smallest absolute Gasteiger partial charge is 0.250 e. The second kappa shape index (κ2) is 7.87. The van der Waals surface area contributed by atoms with Crippen LogP contribution in [-0.4, -0.2) is 59.6 Å². The molecule has 2 aromatic heterocycles. The van der Waals surface area contributed by atoms with Crippen LogP contribution in [-0.2, 0) is 10.0 Å². The number of piperidine rings is 1. The number of carbonyl (C=O) groups excluding carboxylic acids is 1. The van der Waals surface area contributed by atoms with E-state index in [1.807, 2.05) is 24.8 Å². The highest BCUT2D eigenvalue weighted by molar-refractivity contribution is 7.89. The first kappa shape index (κ1) is 20.0. The van der Waals surface area contributed by atoms with Crippen LogP contribution >= 0.6 is 0 Å². The summed E-state index contributed by atoms with van der Waals surface area (Å²) in [6, 6.07) is 5.21. The van der Waals surface area contributed by atoms with Crippen molar-refractivity contribution in [1.29, 1.82) is 0 Å². The Morgan fingerprint density at radius 1 is 1.10 bits per heavy atom. The molecule has 2 saturated heterocycles. The number of anilines is 1. The summed E-state index contributed by atoms with van der Waals surface area (Å²) in [5.74, 6) is 0.393. The van der Waals surface area contributed by atoms with Crippen LogP contribution in [0.4, 0.5) is 5.82 Å². The largest absolute Gasteiger partial charge is 0.355 e. The molecule has 2 fully saturated rings. The molecule has 4 heterocycles. The molecule has 0 atom stereocenters. The SMILES string of the molecule is Cc1cc(C)n(C(=O)C2CCN(c3ncccc3S(=O)(=O)N3CCCC3)CC2)n1. The predicted octanol–water partition coefficient (Wildman–Crippen LogP) is 2.24. The van der Waals surface area contributed by atoms with Gasteiger partial charge in [0.15, 0.2) is 0 Å². The van der Waals surface area contributed by atoms with E-state index in [0.717, 1.165) is 24.2 Å².